The number of phenols is 1. The van der Waals surface area contributed by atoms with E-state index in [9.17, 15) is 19.4 Å². The highest BCUT2D eigenvalue weighted by atomic mass is 19.1. The van der Waals surface area contributed by atoms with Crippen molar-refractivity contribution < 1.29 is 19.4 Å². The van der Waals surface area contributed by atoms with Crippen LogP contribution >= 0.6 is 0 Å². The smallest absolute Gasteiger partial charge is 0.256 e. The maximum atomic E-state index is 13.5. The minimum atomic E-state index is -0.636. The molecule has 1 atom stereocenters. The molecule has 0 bridgehead atoms. The van der Waals surface area contributed by atoms with E-state index in [2.05, 4.69) is 0 Å². The average molecular weight is 253 g/mol. The van der Waals surface area contributed by atoms with Gasteiger partial charge in [-0.2, -0.15) is 0 Å². The van der Waals surface area contributed by atoms with E-state index in [-0.39, 0.29) is 11.3 Å². The van der Waals surface area contributed by atoms with E-state index in [4.69, 9.17) is 0 Å². The molecule has 0 saturated carbocycles. The molecule has 1 aliphatic rings. The molecule has 1 aromatic carbocycles. The van der Waals surface area contributed by atoms with Crippen molar-refractivity contribution in [3.63, 3.8) is 0 Å². The zero-order valence-corrected chi connectivity index (χ0v) is 9.97. The monoisotopic (exact) mass is 253 g/mol. The van der Waals surface area contributed by atoms with Crippen LogP contribution in [0.25, 0.3) is 0 Å². The van der Waals surface area contributed by atoms with Crippen LogP contribution in [0.4, 0.5) is 4.39 Å². The maximum Gasteiger partial charge on any atom is 0.256 e. The molecule has 0 aromatic heterocycles. The Labute approximate surface area is 105 Å². The second-order valence-corrected chi connectivity index (χ2v) is 4.54. The first kappa shape index (κ1) is 12.8. The lowest BCUT2D eigenvalue weighted by molar-refractivity contribution is 0.0748. The Bertz CT molecular complexity index is 450. The van der Waals surface area contributed by atoms with Gasteiger partial charge in [-0.1, -0.05) is 0 Å². The first-order chi connectivity index (χ1) is 8.58. The molecule has 1 aliphatic heterocycles. The molecule has 2 rings (SSSR count). The Hall–Kier alpha value is -1.62. The Morgan fingerprint density at radius 2 is 2.11 bits per heavy atom. The van der Waals surface area contributed by atoms with Crippen molar-refractivity contribution in [3.05, 3.63) is 29.6 Å². The van der Waals surface area contributed by atoms with Gasteiger partial charge in [0.2, 0.25) is 0 Å². The van der Waals surface area contributed by atoms with Crippen LogP contribution in [-0.2, 0) is 0 Å². The second-order valence-electron chi connectivity index (χ2n) is 4.54. The summed E-state index contributed by atoms with van der Waals surface area (Å²) in [6.07, 6.45) is 1.48. The van der Waals surface area contributed by atoms with Gasteiger partial charge in [-0.15, -0.1) is 0 Å². The van der Waals surface area contributed by atoms with Gasteiger partial charge in [0.05, 0.1) is 11.7 Å². The number of aliphatic hydroxyl groups excluding tert-OH is 1. The highest BCUT2D eigenvalue weighted by Gasteiger charge is 2.22. The molecule has 0 radical (unpaired) electrons. The summed E-state index contributed by atoms with van der Waals surface area (Å²) in [6, 6.07) is 3.42. The molecule has 0 aliphatic carbocycles. The fraction of sp³-hybridized carbons (Fsp3) is 0.462. The van der Waals surface area contributed by atoms with Crippen molar-refractivity contribution in [2.24, 2.45) is 0 Å². The number of amides is 1. The number of aromatic hydroxyl groups is 1. The van der Waals surface area contributed by atoms with Gasteiger partial charge in [0.1, 0.15) is 11.6 Å². The van der Waals surface area contributed by atoms with Gasteiger partial charge in [-0.3, -0.25) is 4.79 Å². The number of nitrogens with zero attached hydrogens (tertiary/aromatic N) is 1. The molecule has 0 unspecified atom stereocenters. The first-order valence-corrected chi connectivity index (χ1v) is 6.04. The molecule has 4 nitrogen and oxygen atoms in total. The molecule has 1 heterocycles. The number of benzene rings is 1. The van der Waals surface area contributed by atoms with Crippen LogP contribution in [0.3, 0.4) is 0 Å². The fourth-order valence-electron chi connectivity index (χ4n) is 2.13. The largest absolute Gasteiger partial charge is 0.508 e. The quantitative estimate of drug-likeness (QED) is 0.797. The second kappa shape index (κ2) is 5.35. The van der Waals surface area contributed by atoms with Crippen molar-refractivity contribution >= 4 is 5.91 Å². The molecule has 0 spiro atoms. The summed E-state index contributed by atoms with van der Waals surface area (Å²) < 4.78 is 13.5. The molecule has 98 valence electrons. The van der Waals surface area contributed by atoms with Crippen LogP contribution in [0.15, 0.2) is 18.2 Å². The van der Waals surface area contributed by atoms with Crippen LogP contribution in [0.2, 0.25) is 0 Å². The number of carbonyl (C=O) groups excluding carboxylic acids is 1. The highest BCUT2D eigenvalue weighted by molar-refractivity contribution is 5.94. The van der Waals surface area contributed by atoms with E-state index < -0.39 is 17.8 Å². The number of rotatable bonds is 1. The minimum Gasteiger partial charge on any atom is -0.508 e. The van der Waals surface area contributed by atoms with Crippen LogP contribution in [-0.4, -0.2) is 40.2 Å². The number of carbonyl (C=O) groups is 1. The normalized spacial score (nSPS) is 20.6. The van der Waals surface area contributed by atoms with E-state index >= 15 is 0 Å². The molecule has 2 N–H and O–H groups in total. The van der Waals surface area contributed by atoms with Gasteiger partial charge in [0.15, 0.2) is 0 Å². The van der Waals surface area contributed by atoms with E-state index in [1.165, 1.54) is 11.0 Å². The summed E-state index contributed by atoms with van der Waals surface area (Å²) in [4.78, 5) is 13.6. The van der Waals surface area contributed by atoms with Crippen molar-refractivity contribution in [1.82, 2.24) is 4.90 Å². The summed E-state index contributed by atoms with van der Waals surface area (Å²) in [5, 5.41) is 18.8. The molecular formula is C13H16FNO3. The summed E-state index contributed by atoms with van der Waals surface area (Å²) in [7, 11) is 0. The Morgan fingerprint density at radius 1 is 1.33 bits per heavy atom. The van der Waals surface area contributed by atoms with E-state index in [1.807, 2.05) is 0 Å². The molecule has 1 fully saturated rings. The van der Waals surface area contributed by atoms with Crippen molar-refractivity contribution in [2.75, 3.05) is 13.1 Å². The van der Waals surface area contributed by atoms with Crippen molar-refractivity contribution in [1.29, 1.82) is 0 Å². The van der Waals surface area contributed by atoms with Gasteiger partial charge in [-0.05, 0) is 37.5 Å². The number of likely N-dealkylation sites (tertiary alicyclic amines) is 1. The number of aliphatic hydroxyl groups is 1. The van der Waals surface area contributed by atoms with Gasteiger partial charge in [0, 0.05) is 13.1 Å². The molecule has 18 heavy (non-hydrogen) atoms. The van der Waals surface area contributed by atoms with Crippen LogP contribution < -0.4 is 0 Å². The fourth-order valence-corrected chi connectivity index (χ4v) is 2.13. The Morgan fingerprint density at radius 3 is 2.89 bits per heavy atom. The number of halogens is 1. The lowest BCUT2D eigenvalue weighted by atomic mass is 10.1. The van der Waals surface area contributed by atoms with Gasteiger partial charge in [-0.25, -0.2) is 4.39 Å². The molecule has 1 aromatic rings. The number of phenolic OH excluding ortho intramolecular Hbond substituents is 1. The van der Waals surface area contributed by atoms with Crippen molar-refractivity contribution in [2.45, 2.75) is 25.4 Å². The lowest BCUT2D eigenvalue weighted by Gasteiger charge is -2.20. The van der Waals surface area contributed by atoms with Crippen LogP contribution in [0.5, 0.6) is 5.75 Å². The summed E-state index contributed by atoms with van der Waals surface area (Å²) in [5.74, 6) is -1.20. The summed E-state index contributed by atoms with van der Waals surface area (Å²) in [5.41, 5.74) is -0.119. The van der Waals surface area contributed by atoms with Crippen LogP contribution in [0.1, 0.15) is 29.6 Å². The van der Waals surface area contributed by atoms with E-state index in [0.717, 1.165) is 12.1 Å². The SMILES string of the molecule is O=C(c1cc(O)ccc1F)N1CCC[C@H](O)CC1. The molecule has 1 amide bonds. The number of hydrogen-bond donors (Lipinski definition) is 2. The van der Waals surface area contributed by atoms with E-state index in [0.29, 0.717) is 32.4 Å². The number of hydrogen-bond acceptors (Lipinski definition) is 3. The molecule has 1 saturated heterocycles. The first-order valence-electron chi connectivity index (χ1n) is 6.04. The predicted molar refractivity (Wildman–Crippen MR) is 63.8 cm³/mol. The zero-order chi connectivity index (χ0) is 13.1. The maximum absolute atomic E-state index is 13.5. The Kier molecular flexibility index (Phi) is 3.81. The molecular weight excluding hydrogens is 237 g/mol. The third kappa shape index (κ3) is 2.79. The van der Waals surface area contributed by atoms with Crippen LogP contribution in [0, 0.1) is 5.82 Å². The summed E-state index contributed by atoms with van der Waals surface area (Å²) in [6.45, 7) is 0.917. The third-order valence-electron chi connectivity index (χ3n) is 3.17. The van der Waals surface area contributed by atoms with Gasteiger partial charge >= 0.3 is 0 Å². The average Bonchev–Trinajstić information content (AvgIpc) is 2.56. The van der Waals surface area contributed by atoms with E-state index in [1.54, 1.807) is 0 Å². The lowest BCUT2D eigenvalue weighted by Crippen LogP contribution is -2.32. The standard InChI is InChI=1S/C13H16FNO3/c14-12-4-3-10(17)8-11(12)13(18)15-6-1-2-9(16)5-7-15/h3-4,8-9,16-17H,1-2,5-7H2/t9-/m0/s1. The minimum absolute atomic E-state index is 0.119. The molecule has 5 heteroatoms. The topological polar surface area (TPSA) is 60.8 Å². The predicted octanol–water partition coefficient (Wildman–Crippen LogP) is 1.52. The van der Waals surface area contributed by atoms with Gasteiger partial charge in [0.25, 0.3) is 5.91 Å². The highest BCUT2D eigenvalue weighted by Crippen LogP contribution is 2.19. The summed E-state index contributed by atoms with van der Waals surface area (Å²) >= 11 is 0. The van der Waals surface area contributed by atoms with Crippen molar-refractivity contribution in [3.8, 4) is 5.75 Å². The van der Waals surface area contributed by atoms with Gasteiger partial charge < -0.3 is 15.1 Å². The zero-order valence-electron chi connectivity index (χ0n) is 9.97. The third-order valence-corrected chi connectivity index (χ3v) is 3.17. The Balaban J connectivity index is 2.17.